The molecule has 0 aliphatic carbocycles. The first-order chi connectivity index (χ1) is 13.5. The van der Waals surface area contributed by atoms with Crippen LogP contribution >= 0.6 is 0 Å². The van der Waals surface area contributed by atoms with E-state index in [1.54, 1.807) is 0 Å². The average Bonchev–Trinajstić information content (AvgIpc) is 2.40. The summed E-state index contributed by atoms with van der Waals surface area (Å²) in [5.41, 5.74) is 0. The molecule has 0 aromatic carbocycles. The van der Waals surface area contributed by atoms with Gasteiger partial charge in [0.1, 0.15) is 0 Å². The van der Waals surface area contributed by atoms with Gasteiger partial charge < -0.3 is 5.11 Å². The number of hydrogen-bond donors (Lipinski definition) is 1. The summed E-state index contributed by atoms with van der Waals surface area (Å²) >= 11 is 0. The van der Waals surface area contributed by atoms with Gasteiger partial charge in [0, 0.05) is 27.7 Å². The lowest BCUT2D eigenvalue weighted by Crippen LogP contribution is -2.61. The Labute approximate surface area is 173 Å². The fourth-order valence-electron chi connectivity index (χ4n) is 1.43. The van der Waals surface area contributed by atoms with Gasteiger partial charge >= 0.3 is 54.1 Å². The van der Waals surface area contributed by atoms with Crippen LogP contribution in [0.2, 0.25) is 0 Å². The molecule has 0 bridgehead atoms. The second-order valence-electron chi connectivity index (χ2n) is 6.38. The van der Waals surface area contributed by atoms with Crippen LogP contribution in [0.25, 0.3) is 0 Å². The Kier molecular flexibility index (Phi) is 9.31. The predicted octanol–water partition coefficient (Wildman–Crippen LogP) is 5.33. The third-order valence-corrected chi connectivity index (χ3v) is 3.21. The maximum absolute atomic E-state index is 14.0. The first kappa shape index (κ1) is 33.5. The molecule has 0 spiro atoms. The van der Waals surface area contributed by atoms with Crippen LogP contribution in [0.3, 0.4) is 0 Å². The summed E-state index contributed by atoms with van der Waals surface area (Å²) in [4.78, 5) is 10.4. The first-order valence-corrected chi connectivity index (χ1v) is 7.52. The van der Waals surface area contributed by atoms with Crippen LogP contribution in [-0.4, -0.2) is 59.2 Å². The molecule has 0 radical (unpaired) electrons. The molecule has 0 aromatic rings. The molecule has 0 saturated carbocycles. The zero-order valence-corrected chi connectivity index (χ0v) is 16.3. The third-order valence-electron chi connectivity index (χ3n) is 3.21. The van der Waals surface area contributed by atoms with Gasteiger partial charge in [0.2, 0.25) is 0 Å². The van der Waals surface area contributed by atoms with Crippen LogP contribution in [0.5, 0.6) is 0 Å². The molecule has 200 valence electrons. The van der Waals surface area contributed by atoms with E-state index in [2.05, 4.69) is 18.9 Å². The van der Waals surface area contributed by atoms with Crippen LogP contribution in [0, 0.1) is 0 Å². The molecule has 0 aromatic heterocycles. The minimum atomic E-state index is -6.32. The number of carboxylic acids is 1. The minimum Gasteiger partial charge on any atom is -0.477 e. The molecule has 0 fully saturated rings. The quantitative estimate of drug-likeness (QED) is 0.363. The van der Waals surface area contributed by atoms with Crippen LogP contribution in [0.1, 0.15) is 27.7 Å². The van der Waals surface area contributed by atoms with Crippen molar-refractivity contribution in [1.82, 2.24) is 0 Å². The standard InChI is InChI=1S/C13H13F13O6.FH/c1-6(14,5(27)28)29-10(18,19)7(2,15)30-11(20,21)8(3,16)31-12(22,23)9(4,17)32-13(24,25)26;/h1-4H3,(H,27,28);1H. The molecule has 1 N–H and O–H groups in total. The number of halogens is 14. The molecular weight excluding hydrogens is 518 g/mol. The lowest BCUT2D eigenvalue weighted by Gasteiger charge is -2.40. The van der Waals surface area contributed by atoms with E-state index in [-0.39, 0.29) is 11.6 Å². The highest BCUT2D eigenvalue weighted by molar-refractivity contribution is 5.74. The monoisotopic (exact) mass is 532 g/mol. The predicted molar refractivity (Wildman–Crippen MR) is 73.4 cm³/mol. The smallest absolute Gasteiger partial charge is 0.477 e. The SMILES string of the molecule is CC(F)(OC(F)(F)C(C)(F)OC(F)(F)C(C)(F)OC(F)(F)C(C)(F)OC(F)(F)F)C(=O)O.F. The molecule has 33 heavy (non-hydrogen) atoms. The van der Waals surface area contributed by atoms with E-state index < -0.39 is 74.8 Å². The fourth-order valence-corrected chi connectivity index (χ4v) is 1.43. The molecule has 0 saturated heterocycles. The Morgan fingerprint density at radius 3 is 1.03 bits per heavy atom. The van der Waals surface area contributed by atoms with Gasteiger partial charge in [-0.15, -0.1) is 13.2 Å². The zero-order chi connectivity index (χ0) is 26.4. The highest BCUT2D eigenvalue weighted by Gasteiger charge is 2.71. The number of rotatable bonds is 11. The van der Waals surface area contributed by atoms with E-state index in [1.165, 1.54) is 0 Å². The van der Waals surface area contributed by atoms with Crippen LogP contribution < -0.4 is 0 Å². The maximum atomic E-state index is 14.0. The lowest BCUT2D eigenvalue weighted by atomic mass is 10.2. The van der Waals surface area contributed by atoms with E-state index in [4.69, 9.17) is 5.11 Å². The molecule has 4 atom stereocenters. The average molecular weight is 532 g/mol. The summed E-state index contributed by atoms with van der Waals surface area (Å²) < 4.78 is 183. The van der Waals surface area contributed by atoms with Gasteiger partial charge in [-0.3, -0.25) is 18.9 Å². The third kappa shape index (κ3) is 7.95. The van der Waals surface area contributed by atoms with Gasteiger partial charge in [-0.25, -0.2) is 22.7 Å². The summed E-state index contributed by atoms with van der Waals surface area (Å²) in [5.74, 6) is -23.7. The van der Waals surface area contributed by atoms with Crippen molar-refractivity contribution in [2.24, 2.45) is 0 Å². The van der Waals surface area contributed by atoms with Crippen LogP contribution in [0.4, 0.5) is 61.8 Å². The summed E-state index contributed by atoms with van der Waals surface area (Å²) in [6.07, 6.45) is -24.7. The molecule has 0 rings (SSSR count). The second kappa shape index (κ2) is 9.17. The largest absolute Gasteiger partial charge is 0.525 e. The Morgan fingerprint density at radius 2 is 0.788 bits per heavy atom. The van der Waals surface area contributed by atoms with Crippen molar-refractivity contribution in [2.75, 3.05) is 0 Å². The lowest BCUT2D eigenvalue weighted by molar-refractivity contribution is -0.526. The van der Waals surface area contributed by atoms with Crippen molar-refractivity contribution in [3.8, 4) is 0 Å². The molecule has 4 unspecified atom stereocenters. The van der Waals surface area contributed by atoms with Gasteiger partial charge in [-0.2, -0.15) is 30.7 Å². The summed E-state index contributed by atoms with van der Waals surface area (Å²) in [6.45, 7) is -2.55. The first-order valence-electron chi connectivity index (χ1n) is 7.52. The Hall–Kier alpha value is -1.67. The van der Waals surface area contributed by atoms with Gasteiger partial charge in [-0.1, -0.05) is 0 Å². The number of aliphatic carboxylic acids is 1. The van der Waals surface area contributed by atoms with E-state index in [1.807, 2.05) is 0 Å². The summed E-state index contributed by atoms with van der Waals surface area (Å²) in [6, 6.07) is 0. The fraction of sp³-hybridized carbons (Fsp3) is 0.923. The van der Waals surface area contributed by atoms with E-state index in [9.17, 15) is 61.9 Å². The maximum Gasteiger partial charge on any atom is 0.525 e. The van der Waals surface area contributed by atoms with Crippen molar-refractivity contribution in [2.45, 2.75) is 75.8 Å². The number of ether oxygens (including phenoxy) is 4. The van der Waals surface area contributed by atoms with Crippen molar-refractivity contribution in [1.29, 1.82) is 0 Å². The van der Waals surface area contributed by atoms with E-state index in [0.717, 1.165) is 0 Å². The molecule has 6 nitrogen and oxygen atoms in total. The highest BCUT2D eigenvalue weighted by atomic mass is 19.4. The van der Waals surface area contributed by atoms with Crippen molar-refractivity contribution >= 4 is 5.97 Å². The number of alkyl halides is 13. The van der Waals surface area contributed by atoms with Gasteiger partial charge in [0.15, 0.2) is 0 Å². The van der Waals surface area contributed by atoms with Crippen LogP contribution in [0.15, 0.2) is 0 Å². The second-order valence-corrected chi connectivity index (χ2v) is 6.38. The molecule has 0 heterocycles. The van der Waals surface area contributed by atoms with Crippen molar-refractivity contribution in [3.05, 3.63) is 0 Å². The van der Waals surface area contributed by atoms with Crippen molar-refractivity contribution < 1.29 is 90.6 Å². The van der Waals surface area contributed by atoms with Gasteiger partial charge in [0.05, 0.1) is 0 Å². The molecule has 0 amide bonds. The van der Waals surface area contributed by atoms with Crippen LogP contribution in [-0.2, 0) is 23.7 Å². The Morgan fingerprint density at radius 1 is 0.545 bits per heavy atom. The topological polar surface area (TPSA) is 74.2 Å². The highest BCUT2D eigenvalue weighted by Crippen LogP contribution is 2.49. The van der Waals surface area contributed by atoms with Crippen molar-refractivity contribution in [3.63, 3.8) is 0 Å². The van der Waals surface area contributed by atoms with E-state index in [0.29, 0.717) is 0 Å². The molecular formula is C13H14F14O6. The Bertz CT molecular complexity index is 688. The number of carbonyl (C=O) groups is 1. The Balaban J connectivity index is 0. The molecule has 0 aliphatic heterocycles. The summed E-state index contributed by atoms with van der Waals surface area (Å²) in [7, 11) is 0. The number of hydrogen-bond acceptors (Lipinski definition) is 5. The van der Waals surface area contributed by atoms with E-state index >= 15 is 0 Å². The molecule has 0 aliphatic rings. The van der Waals surface area contributed by atoms with Gasteiger partial charge in [-0.05, 0) is 0 Å². The minimum absolute atomic E-state index is 0. The summed E-state index contributed by atoms with van der Waals surface area (Å²) in [5, 5.41) is 8.28. The zero-order valence-electron chi connectivity index (χ0n) is 16.3. The van der Waals surface area contributed by atoms with Gasteiger partial charge in [0.25, 0.3) is 0 Å². The number of carboxylic acid groups (broad SMARTS) is 1. The molecule has 20 heteroatoms. The normalized spacial score (nSPS) is 21.1.